The lowest BCUT2D eigenvalue weighted by Gasteiger charge is -2.36. The molecule has 4 rings (SSSR count). The molecule has 1 aliphatic carbocycles. The van der Waals surface area contributed by atoms with E-state index in [0.29, 0.717) is 30.2 Å². The van der Waals surface area contributed by atoms with Crippen molar-refractivity contribution in [3.8, 4) is 11.5 Å². The molecule has 142 valence electrons. The van der Waals surface area contributed by atoms with E-state index >= 15 is 0 Å². The molecule has 1 saturated carbocycles. The number of carbonyl (C=O) groups is 1. The molecule has 1 aliphatic heterocycles. The number of rotatable bonds is 6. The Morgan fingerprint density at radius 1 is 1.11 bits per heavy atom. The Morgan fingerprint density at radius 3 is 2.74 bits per heavy atom. The number of hydrogen-bond acceptors (Lipinski definition) is 4. The van der Waals surface area contributed by atoms with Gasteiger partial charge in [-0.3, -0.25) is 4.79 Å². The van der Waals surface area contributed by atoms with Gasteiger partial charge in [0.2, 0.25) is 0 Å². The lowest BCUT2D eigenvalue weighted by molar-refractivity contribution is -0.134. The number of fused-ring (bicyclic) bond motifs is 3. The van der Waals surface area contributed by atoms with E-state index < -0.39 is 0 Å². The van der Waals surface area contributed by atoms with E-state index in [0.717, 1.165) is 25.1 Å². The number of carbonyl (C=O) groups excluding carboxylic acids is 1. The molecular weight excluding hydrogens is 338 g/mol. The number of ether oxygens (including phenoxy) is 2. The maximum Gasteiger partial charge on any atom is 0.311 e. The molecule has 2 aromatic carbocycles. The average Bonchev–Trinajstić information content (AvgIpc) is 3.06. The Labute approximate surface area is 161 Å². The summed E-state index contributed by atoms with van der Waals surface area (Å²) < 4.78 is 11.6. The summed E-state index contributed by atoms with van der Waals surface area (Å²) in [5.74, 6) is 2.08. The van der Waals surface area contributed by atoms with E-state index in [1.165, 1.54) is 18.4 Å². The summed E-state index contributed by atoms with van der Waals surface area (Å²) in [5.41, 5.74) is 1.38. The van der Waals surface area contributed by atoms with Gasteiger partial charge >= 0.3 is 5.97 Å². The fourth-order valence-electron chi connectivity index (χ4n) is 4.38. The molecule has 0 aromatic heterocycles. The van der Waals surface area contributed by atoms with Crippen molar-refractivity contribution in [1.82, 2.24) is 4.90 Å². The Morgan fingerprint density at radius 2 is 1.89 bits per heavy atom. The third kappa shape index (κ3) is 4.16. The molecule has 1 heterocycles. The molecule has 2 aromatic rings. The van der Waals surface area contributed by atoms with E-state index in [1.807, 2.05) is 36.4 Å². The van der Waals surface area contributed by atoms with Crippen LogP contribution < -0.4 is 9.47 Å². The summed E-state index contributed by atoms with van der Waals surface area (Å²) >= 11 is 0. The largest absolute Gasteiger partial charge is 0.489 e. The number of esters is 1. The summed E-state index contributed by atoms with van der Waals surface area (Å²) in [5, 5.41) is 0. The van der Waals surface area contributed by atoms with Gasteiger partial charge in [0.25, 0.3) is 0 Å². The van der Waals surface area contributed by atoms with Crippen LogP contribution in [0.4, 0.5) is 0 Å². The fourth-order valence-corrected chi connectivity index (χ4v) is 4.38. The van der Waals surface area contributed by atoms with Crippen LogP contribution in [0.2, 0.25) is 0 Å². The van der Waals surface area contributed by atoms with Gasteiger partial charge in [0.1, 0.15) is 17.6 Å². The summed E-state index contributed by atoms with van der Waals surface area (Å²) in [7, 11) is 2.16. The van der Waals surface area contributed by atoms with Gasteiger partial charge < -0.3 is 14.4 Å². The molecule has 0 spiro atoms. The second kappa shape index (κ2) is 8.13. The van der Waals surface area contributed by atoms with Crippen molar-refractivity contribution < 1.29 is 14.3 Å². The van der Waals surface area contributed by atoms with Crippen molar-refractivity contribution in [2.24, 2.45) is 0 Å². The van der Waals surface area contributed by atoms with Crippen molar-refractivity contribution in [3.05, 3.63) is 60.2 Å². The highest BCUT2D eigenvalue weighted by Gasteiger charge is 2.40. The first-order valence-electron chi connectivity index (χ1n) is 9.92. The van der Waals surface area contributed by atoms with Crippen LogP contribution in [0.25, 0.3) is 0 Å². The van der Waals surface area contributed by atoms with Crippen LogP contribution in [-0.2, 0) is 4.79 Å². The van der Waals surface area contributed by atoms with Crippen LogP contribution in [0.15, 0.2) is 54.6 Å². The molecule has 1 unspecified atom stereocenters. The van der Waals surface area contributed by atoms with Crippen molar-refractivity contribution in [2.45, 2.75) is 50.2 Å². The average molecular weight is 365 g/mol. The number of benzene rings is 2. The zero-order chi connectivity index (χ0) is 18.6. The van der Waals surface area contributed by atoms with Crippen LogP contribution in [0.5, 0.6) is 11.5 Å². The summed E-state index contributed by atoms with van der Waals surface area (Å²) in [4.78, 5) is 14.4. The first-order valence-corrected chi connectivity index (χ1v) is 9.92. The maximum atomic E-state index is 12.0. The van der Waals surface area contributed by atoms with Crippen LogP contribution in [0.1, 0.15) is 43.6 Å². The minimum Gasteiger partial charge on any atom is -0.489 e. The van der Waals surface area contributed by atoms with Crippen molar-refractivity contribution in [3.63, 3.8) is 0 Å². The van der Waals surface area contributed by atoms with Crippen molar-refractivity contribution in [2.75, 3.05) is 13.6 Å². The van der Waals surface area contributed by atoms with E-state index in [2.05, 4.69) is 30.1 Å². The molecule has 0 bridgehead atoms. The molecule has 2 aliphatic rings. The molecule has 0 N–H and O–H groups in total. The summed E-state index contributed by atoms with van der Waals surface area (Å²) in [6.45, 7) is 0.902. The Balaban J connectivity index is 1.22. The van der Waals surface area contributed by atoms with Gasteiger partial charge in [0.05, 0.1) is 0 Å². The van der Waals surface area contributed by atoms with Gasteiger partial charge in [-0.05, 0) is 51.1 Å². The smallest absolute Gasteiger partial charge is 0.311 e. The molecule has 1 fully saturated rings. The quantitative estimate of drug-likeness (QED) is 0.562. The standard InChI is InChI=1S/C23H27NO3/c1-24(15-7-12-23(25)26-18-8-3-2-4-9-18)17-13-14-20-19-10-5-6-11-21(19)27-22(20)16-17/h2-6,8-11,17,20,22H,7,12-16H2,1H3/t17?,20-,22-/m1/s1. The second-order valence-corrected chi connectivity index (χ2v) is 7.64. The number of hydrogen-bond donors (Lipinski definition) is 0. The minimum atomic E-state index is -0.159. The molecular formula is C23H27NO3. The van der Waals surface area contributed by atoms with E-state index in [-0.39, 0.29) is 5.97 Å². The summed E-state index contributed by atoms with van der Waals surface area (Å²) in [6, 6.07) is 18.2. The van der Waals surface area contributed by atoms with Crippen molar-refractivity contribution >= 4 is 5.97 Å². The number of nitrogens with zero attached hydrogens (tertiary/aromatic N) is 1. The molecule has 4 heteroatoms. The Bertz CT molecular complexity index is 776. The highest BCUT2D eigenvalue weighted by molar-refractivity contribution is 5.72. The lowest BCUT2D eigenvalue weighted by atomic mass is 9.80. The molecule has 0 amide bonds. The number of para-hydroxylation sites is 2. The zero-order valence-electron chi connectivity index (χ0n) is 15.8. The van der Waals surface area contributed by atoms with Gasteiger partial charge in [-0.15, -0.1) is 0 Å². The second-order valence-electron chi connectivity index (χ2n) is 7.64. The molecule has 0 saturated heterocycles. The predicted octanol–water partition coefficient (Wildman–Crippen LogP) is 4.40. The maximum absolute atomic E-state index is 12.0. The molecule has 4 nitrogen and oxygen atoms in total. The van der Waals surface area contributed by atoms with Crippen LogP contribution in [0, 0.1) is 0 Å². The van der Waals surface area contributed by atoms with Gasteiger partial charge in [0, 0.05) is 30.4 Å². The molecule has 3 atom stereocenters. The van der Waals surface area contributed by atoms with Crippen molar-refractivity contribution in [1.29, 1.82) is 0 Å². The predicted molar refractivity (Wildman–Crippen MR) is 105 cm³/mol. The molecule has 27 heavy (non-hydrogen) atoms. The topological polar surface area (TPSA) is 38.8 Å². The first kappa shape index (κ1) is 18.1. The summed E-state index contributed by atoms with van der Waals surface area (Å²) in [6.07, 6.45) is 4.97. The van der Waals surface area contributed by atoms with Gasteiger partial charge in [0.15, 0.2) is 0 Å². The SMILES string of the molecule is CN(CCCC(=O)Oc1ccccc1)C1CC[C@@H]2c3ccccc3O[C@@H]2C1. The van der Waals surface area contributed by atoms with E-state index in [4.69, 9.17) is 9.47 Å². The van der Waals surface area contributed by atoms with Gasteiger partial charge in [-0.1, -0.05) is 36.4 Å². The molecule has 0 radical (unpaired) electrons. The highest BCUT2D eigenvalue weighted by Crippen LogP contribution is 2.45. The Hall–Kier alpha value is -2.33. The van der Waals surface area contributed by atoms with Crippen LogP contribution in [0.3, 0.4) is 0 Å². The fraction of sp³-hybridized carbons (Fsp3) is 0.435. The third-order valence-corrected chi connectivity index (χ3v) is 5.85. The lowest BCUT2D eigenvalue weighted by Crippen LogP contribution is -2.41. The van der Waals surface area contributed by atoms with Crippen LogP contribution >= 0.6 is 0 Å². The highest BCUT2D eigenvalue weighted by atomic mass is 16.5. The van der Waals surface area contributed by atoms with Gasteiger partial charge in [-0.2, -0.15) is 0 Å². The minimum absolute atomic E-state index is 0.159. The Kier molecular flexibility index (Phi) is 5.44. The monoisotopic (exact) mass is 365 g/mol. The van der Waals surface area contributed by atoms with E-state index in [9.17, 15) is 4.79 Å². The zero-order valence-corrected chi connectivity index (χ0v) is 15.8. The first-order chi connectivity index (χ1) is 13.2. The normalized spacial score (nSPS) is 23.4. The van der Waals surface area contributed by atoms with E-state index in [1.54, 1.807) is 0 Å². The van der Waals surface area contributed by atoms with Crippen LogP contribution in [-0.4, -0.2) is 36.6 Å². The van der Waals surface area contributed by atoms with Gasteiger partial charge in [-0.25, -0.2) is 0 Å². The third-order valence-electron chi connectivity index (χ3n) is 5.85.